The van der Waals surface area contributed by atoms with E-state index >= 15 is 0 Å². The van der Waals surface area contributed by atoms with Gasteiger partial charge in [-0.3, -0.25) is 4.79 Å². The summed E-state index contributed by atoms with van der Waals surface area (Å²) in [5.41, 5.74) is 4.60. The van der Waals surface area contributed by atoms with Crippen molar-refractivity contribution in [3.05, 3.63) is 66.7 Å². The molecule has 1 heterocycles. The zero-order chi connectivity index (χ0) is 20.2. The summed E-state index contributed by atoms with van der Waals surface area (Å²) < 4.78 is 11.4. The second kappa shape index (κ2) is 8.80. The Labute approximate surface area is 173 Å². The van der Waals surface area contributed by atoms with E-state index in [1.165, 1.54) is 16.4 Å². The van der Waals surface area contributed by atoms with Crippen molar-refractivity contribution in [1.82, 2.24) is 0 Å². The van der Waals surface area contributed by atoms with Crippen molar-refractivity contribution in [2.45, 2.75) is 12.8 Å². The molecule has 29 heavy (non-hydrogen) atoms. The highest BCUT2D eigenvalue weighted by Gasteiger charge is 2.26. The Morgan fingerprint density at radius 1 is 0.655 bits per heavy atom. The summed E-state index contributed by atoms with van der Waals surface area (Å²) in [7, 11) is 2.98. The summed E-state index contributed by atoms with van der Waals surface area (Å²) in [6.45, 7) is 0. The van der Waals surface area contributed by atoms with E-state index in [1.54, 1.807) is 14.2 Å². The highest BCUT2D eigenvalue weighted by Crippen LogP contribution is 2.47. The van der Waals surface area contributed by atoms with Gasteiger partial charge in [-0.2, -0.15) is 0 Å². The minimum atomic E-state index is -0.449. The Hall–Kier alpha value is -2.64. The van der Waals surface area contributed by atoms with Crippen LogP contribution < -0.4 is 14.8 Å². The largest absolute Gasteiger partial charge is 0.496 e. The van der Waals surface area contributed by atoms with Gasteiger partial charge in [0.15, 0.2) is 0 Å². The SMILES string of the molecule is COc1ccccc1-c1cccc(-c2ccccc2OC)c1P1CCC(=O)CC1. The predicted octanol–water partition coefficient (Wildman–Crippen LogP) is 5.51. The van der Waals surface area contributed by atoms with Crippen LogP contribution in [0, 0.1) is 0 Å². The highest BCUT2D eigenvalue weighted by atomic mass is 31.1. The van der Waals surface area contributed by atoms with E-state index in [0.29, 0.717) is 18.6 Å². The number of Topliss-reactive ketones (excluding diaryl/α,β-unsaturated/α-hetero) is 1. The Balaban J connectivity index is 1.96. The third-order valence-corrected chi connectivity index (χ3v) is 8.11. The van der Waals surface area contributed by atoms with E-state index in [-0.39, 0.29) is 0 Å². The molecule has 0 aliphatic carbocycles. The monoisotopic (exact) mass is 404 g/mol. The minimum absolute atomic E-state index is 0.386. The summed E-state index contributed by atoms with van der Waals surface area (Å²) in [6.07, 6.45) is 3.25. The van der Waals surface area contributed by atoms with Crippen molar-refractivity contribution >= 4 is 19.0 Å². The maximum absolute atomic E-state index is 11.9. The molecular formula is C25H25O3P. The highest BCUT2D eigenvalue weighted by molar-refractivity contribution is 7.66. The molecule has 0 bridgehead atoms. The fraction of sp³-hybridized carbons (Fsp3) is 0.240. The van der Waals surface area contributed by atoms with Gasteiger partial charge in [0.05, 0.1) is 14.2 Å². The molecule has 0 radical (unpaired) electrons. The first-order valence-corrected chi connectivity index (χ1v) is 11.6. The van der Waals surface area contributed by atoms with E-state index < -0.39 is 7.92 Å². The van der Waals surface area contributed by atoms with Crippen LogP contribution in [0.1, 0.15) is 12.8 Å². The van der Waals surface area contributed by atoms with Crippen molar-refractivity contribution in [3.8, 4) is 33.8 Å². The van der Waals surface area contributed by atoms with Gasteiger partial charge < -0.3 is 9.47 Å². The number of ether oxygens (including phenoxy) is 2. The van der Waals surface area contributed by atoms with E-state index in [2.05, 4.69) is 42.5 Å². The van der Waals surface area contributed by atoms with E-state index in [1.807, 2.05) is 24.3 Å². The van der Waals surface area contributed by atoms with Crippen LogP contribution in [0.4, 0.5) is 0 Å². The molecular weight excluding hydrogens is 379 g/mol. The van der Waals surface area contributed by atoms with Gasteiger partial charge in [-0.1, -0.05) is 62.5 Å². The molecule has 0 saturated carbocycles. The molecule has 4 rings (SSSR count). The van der Waals surface area contributed by atoms with Crippen molar-refractivity contribution in [1.29, 1.82) is 0 Å². The summed E-state index contributed by atoms with van der Waals surface area (Å²) in [6, 6.07) is 22.8. The van der Waals surface area contributed by atoms with Gasteiger partial charge in [-0.05, 0) is 40.9 Å². The molecule has 0 unspecified atom stereocenters. The van der Waals surface area contributed by atoms with Crippen LogP contribution in [-0.4, -0.2) is 32.3 Å². The number of ketones is 1. The first-order chi connectivity index (χ1) is 14.2. The lowest BCUT2D eigenvalue weighted by molar-refractivity contribution is -0.118. The molecule has 1 aliphatic heterocycles. The van der Waals surface area contributed by atoms with Gasteiger partial charge in [0.25, 0.3) is 0 Å². The van der Waals surface area contributed by atoms with Crippen LogP contribution in [-0.2, 0) is 4.79 Å². The van der Waals surface area contributed by atoms with Crippen molar-refractivity contribution in [2.24, 2.45) is 0 Å². The normalized spacial score (nSPS) is 14.6. The van der Waals surface area contributed by atoms with Gasteiger partial charge in [0, 0.05) is 24.0 Å². The zero-order valence-electron chi connectivity index (χ0n) is 16.9. The van der Waals surface area contributed by atoms with Crippen LogP contribution in [0.15, 0.2) is 66.7 Å². The average Bonchev–Trinajstić information content (AvgIpc) is 2.79. The van der Waals surface area contributed by atoms with Crippen LogP contribution in [0.3, 0.4) is 0 Å². The van der Waals surface area contributed by atoms with Gasteiger partial charge in [-0.15, -0.1) is 0 Å². The second-order valence-corrected chi connectivity index (χ2v) is 9.55. The van der Waals surface area contributed by atoms with Crippen molar-refractivity contribution in [3.63, 3.8) is 0 Å². The van der Waals surface area contributed by atoms with Crippen molar-refractivity contribution < 1.29 is 14.3 Å². The first kappa shape index (κ1) is 19.7. The van der Waals surface area contributed by atoms with Gasteiger partial charge in [-0.25, -0.2) is 0 Å². The number of carbonyl (C=O) groups excluding carboxylic acids is 1. The van der Waals surface area contributed by atoms with E-state index in [0.717, 1.165) is 34.9 Å². The number of benzene rings is 3. The fourth-order valence-electron chi connectivity index (χ4n) is 4.03. The zero-order valence-corrected chi connectivity index (χ0v) is 17.7. The minimum Gasteiger partial charge on any atom is -0.496 e. The predicted molar refractivity (Wildman–Crippen MR) is 121 cm³/mol. The molecule has 0 amide bonds. The third kappa shape index (κ3) is 3.93. The number of para-hydroxylation sites is 2. The van der Waals surface area contributed by atoms with E-state index in [4.69, 9.17) is 9.47 Å². The molecule has 3 aromatic carbocycles. The third-order valence-electron chi connectivity index (χ3n) is 5.47. The number of methoxy groups -OCH3 is 2. The molecule has 148 valence electrons. The summed E-state index contributed by atoms with van der Waals surface area (Å²) in [5, 5.41) is 1.35. The molecule has 1 aliphatic rings. The Morgan fingerprint density at radius 3 is 1.59 bits per heavy atom. The molecule has 1 fully saturated rings. The fourth-order valence-corrected chi connectivity index (χ4v) is 6.81. The maximum atomic E-state index is 11.9. The van der Waals surface area contributed by atoms with Crippen LogP contribution in [0.2, 0.25) is 0 Å². The Bertz CT molecular complexity index is 952. The quantitative estimate of drug-likeness (QED) is 0.526. The average molecular weight is 404 g/mol. The Kier molecular flexibility index (Phi) is 5.97. The molecule has 0 atom stereocenters. The number of rotatable bonds is 5. The number of hydrogen-bond acceptors (Lipinski definition) is 3. The summed E-state index contributed by atoms with van der Waals surface area (Å²) >= 11 is 0. The second-order valence-electron chi connectivity index (χ2n) is 7.13. The van der Waals surface area contributed by atoms with Crippen molar-refractivity contribution in [2.75, 3.05) is 26.5 Å². The summed E-state index contributed by atoms with van der Waals surface area (Å²) in [5.74, 6) is 2.13. The molecule has 4 heteroatoms. The van der Waals surface area contributed by atoms with Gasteiger partial charge in [0.2, 0.25) is 0 Å². The standard InChI is InChI=1S/C25H25O3P/c1-27-23-12-5-3-8-19(23)21-10-7-11-22(20-9-4-6-13-24(20)28-2)25(21)29-16-14-18(26)15-17-29/h3-13H,14-17H2,1-2H3. The van der Waals surface area contributed by atoms with Crippen LogP contribution in [0.25, 0.3) is 22.3 Å². The molecule has 0 aromatic heterocycles. The lowest BCUT2D eigenvalue weighted by atomic mass is 9.97. The molecule has 3 aromatic rings. The maximum Gasteiger partial charge on any atom is 0.133 e. The Morgan fingerprint density at radius 2 is 1.10 bits per heavy atom. The summed E-state index contributed by atoms with van der Waals surface area (Å²) in [4.78, 5) is 11.9. The molecule has 3 nitrogen and oxygen atoms in total. The van der Waals surface area contributed by atoms with Gasteiger partial charge in [0.1, 0.15) is 17.3 Å². The van der Waals surface area contributed by atoms with Crippen LogP contribution in [0.5, 0.6) is 11.5 Å². The topological polar surface area (TPSA) is 35.5 Å². The van der Waals surface area contributed by atoms with Gasteiger partial charge >= 0.3 is 0 Å². The first-order valence-electron chi connectivity index (χ1n) is 9.89. The number of carbonyl (C=O) groups is 1. The molecule has 0 spiro atoms. The van der Waals surface area contributed by atoms with Crippen LogP contribution >= 0.6 is 7.92 Å². The number of hydrogen-bond donors (Lipinski definition) is 0. The molecule has 0 N–H and O–H groups in total. The van der Waals surface area contributed by atoms with E-state index in [9.17, 15) is 4.79 Å². The smallest absolute Gasteiger partial charge is 0.133 e. The molecule has 1 saturated heterocycles. The lowest BCUT2D eigenvalue weighted by Crippen LogP contribution is -2.20. The lowest BCUT2D eigenvalue weighted by Gasteiger charge is -2.28.